The highest BCUT2D eigenvalue weighted by molar-refractivity contribution is 7.99. The summed E-state index contributed by atoms with van der Waals surface area (Å²) < 4.78 is 0. The van der Waals surface area contributed by atoms with Crippen molar-refractivity contribution in [1.82, 2.24) is 15.3 Å². The minimum absolute atomic E-state index is 0.632. The molecule has 1 aliphatic carbocycles. The first-order valence-electron chi connectivity index (χ1n) is 7.56. The third kappa shape index (κ3) is 5.11. The fraction of sp³-hybridized carbons (Fsp3) is 0.733. The molecule has 0 aromatic carbocycles. The van der Waals surface area contributed by atoms with Crippen LogP contribution in [0.1, 0.15) is 51.9 Å². The molecule has 1 aromatic heterocycles. The van der Waals surface area contributed by atoms with Gasteiger partial charge in [0, 0.05) is 23.7 Å². The minimum atomic E-state index is 0.632. The van der Waals surface area contributed by atoms with Gasteiger partial charge in [-0.15, -0.1) is 0 Å². The second-order valence-electron chi connectivity index (χ2n) is 5.25. The van der Waals surface area contributed by atoms with Gasteiger partial charge in [-0.3, -0.25) is 4.98 Å². The van der Waals surface area contributed by atoms with Crippen molar-refractivity contribution >= 4 is 11.8 Å². The first kappa shape index (κ1) is 14.8. The summed E-state index contributed by atoms with van der Waals surface area (Å²) in [5.41, 5.74) is 0. The van der Waals surface area contributed by atoms with Crippen molar-refractivity contribution in [3.8, 4) is 0 Å². The van der Waals surface area contributed by atoms with Crippen LogP contribution in [0.2, 0.25) is 0 Å². The third-order valence-electron chi connectivity index (χ3n) is 3.67. The number of nitrogens with zero attached hydrogens (tertiary/aromatic N) is 2. The summed E-state index contributed by atoms with van der Waals surface area (Å²) in [6.45, 7) is 3.36. The van der Waals surface area contributed by atoms with Crippen LogP contribution in [0.15, 0.2) is 23.6 Å². The molecule has 2 unspecified atom stereocenters. The van der Waals surface area contributed by atoms with Crippen LogP contribution >= 0.6 is 11.8 Å². The average molecular weight is 279 g/mol. The van der Waals surface area contributed by atoms with Gasteiger partial charge in [0.05, 0.1) is 6.20 Å². The fourth-order valence-electron chi connectivity index (χ4n) is 2.66. The number of nitrogens with one attached hydrogen (secondary N) is 1. The highest BCUT2D eigenvalue weighted by atomic mass is 32.2. The Morgan fingerprint density at radius 3 is 2.79 bits per heavy atom. The summed E-state index contributed by atoms with van der Waals surface area (Å²) >= 11 is 1.91. The number of hydrogen-bond donors (Lipinski definition) is 1. The molecule has 19 heavy (non-hydrogen) atoms. The molecule has 0 radical (unpaired) electrons. The van der Waals surface area contributed by atoms with Crippen molar-refractivity contribution in [3.63, 3.8) is 0 Å². The average Bonchev–Trinajstić information content (AvgIpc) is 2.43. The van der Waals surface area contributed by atoms with E-state index in [9.17, 15) is 0 Å². The number of aromatic nitrogens is 2. The topological polar surface area (TPSA) is 37.8 Å². The van der Waals surface area contributed by atoms with Gasteiger partial charge >= 0.3 is 0 Å². The lowest BCUT2D eigenvalue weighted by molar-refractivity contribution is 0.400. The third-order valence-corrected chi connectivity index (χ3v) is 4.99. The van der Waals surface area contributed by atoms with Crippen molar-refractivity contribution in [2.45, 2.75) is 68.2 Å². The van der Waals surface area contributed by atoms with Gasteiger partial charge in [-0.2, -0.15) is 0 Å². The maximum absolute atomic E-state index is 4.41. The molecule has 1 aliphatic rings. The van der Waals surface area contributed by atoms with E-state index in [1.165, 1.54) is 44.9 Å². The first-order valence-corrected chi connectivity index (χ1v) is 8.44. The van der Waals surface area contributed by atoms with Crippen LogP contribution in [0, 0.1) is 0 Å². The van der Waals surface area contributed by atoms with Gasteiger partial charge in [-0.25, -0.2) is 4.98 Å². The molecule has 0 bridgehead atoms. The van der Waals surface area contributed by atoms with Crippen molar-refractivity contribution < 1.29 is 0 Å². The summed E-state index contributed by atoms with van der Waals surface area (Å²) in [6, 6.07) is 0.632. The van der Waals surface area contributed by atoms with Crippen LogP contribution in [0.3, 0.4) is 0 Å². The Morgan fingerprint density at radius 2 is 2.05 bits per heavy atom. The van der Waals surface area contributed by atoms with Crippen molar-refractivity contribution in [2.75, 3.05) is 6.54 Å². The van der Waals surface area contributed by atoms with Crippen LogP contribution in [0.25, 0.3) is 0 Å². The summed E-state index contributed by atoms with van der Waals surface area (Å²) in [7, 11) is 0. The molecule has 0 aliphatic heterocycles. The Morgan fingerprint density at radius 1 is 1.21 bits per heavy atom. The molecule has 2 rings (SSSR count). The normalized spacial score (nSPS) is 24.7. The van der Waals surface area contributed by atoms with E-state index in [4.69, 9.17) is 0 Å². The smallest absolute Gasteiger partial charge is 0.115 e. The largest absolute Gasteiger partial charge is 0.313 e. The molecule has 0 amide bonds. The number of hydrogen-bond acceptors (Lipinski definition) is 4. The van der Waals surface area contributed by atoms with E-state index >= 15 is 0 Å². The predicted molar refractivity (Wildman–Crippen MR) is 81.5 cm³/mol. The van der Waals surface area contributed by atoms with Gasteiger partial charge < -0.3 is 5.32 Å². The molecule has 106 valence electrons. The zero-order chi connectivity index (χ0) is 13.3. The van der Waals surface area contributed by atoms with Gasteiger partial charge in [0.15, 0.2) is 0 Å². The van der Waals surface area contributed by atoms with E-state index in [2.05, 4.69) is 22.2 Å². The summed E-state index contributed by atoms with van der Waals surface area (Å²) in [5.74, 6) is 0. The highest BCUT2D eigenvalue weighted by Gasteiger charge is 2.23. The quantitative estimate of drug-likeness (QED) is 0.892. The van der Waals surface area contributed by atoms with E-state index in [0.29, 0.717) is 11.3 Å². The lowest BCUT2D eigenvalue weighted by Crippen LogP contribution is -2.39. The Hall–Kier alpha value is -0.610. The van der Waals surface area contributed by atoms with Crippen LogP contribution in [0.5, 0.6) is 0 Å². The Kier molecular flexibility index (Phi) is 6.65. The molecule has 0 spiro atoms. The van der Waals surface area contributed by atoms with Crippen molar-refractivity contribution in [1.29, 1.82) is 0 Å². The molecule has 3 nitrogen and oxygen atoms in total. The van der Waals surface area contributed by atoms with E-state index in [0.717, 1.165) is 11.6 Å². The van der Waals surface area contributed by atoms with E-state index in [1.54, 1.807) is 12.4 Å². The molecular weight excluding hydrogens is 254 g/mol. The van der Waals surface area contributed by atoms with E-state index in [-0.39, 0.29) is 0 Å². The van der Waals surface area contributed by atoms with Crippen LogP contribution in [0.4, 0.5) is 0 Å². The molecule has 2 atom stereocenters. The summed E-state index contributed by atoms with van der Waals surface area (Å²) in [5, 5.41) is 5.45. The fourth-order valence-corrected chi connectivity index (χ4v) is 3.89. The van der Waals surface area contributed by atoms with E-state index in [1.807, 2.05) is 18.0 Å². The summed E-state index contributed by atoms with van der Waals surface area (Å²) in [4.78, 5) is 8.59. The van der Waals surface area contributed by atoms with Crippen LogP contribution < -0.4 is 5.32 Å². The van der Waals surface area contributed by atoms with Gasteiger partial charge in [0.2, 0.25) is 0 Å². The maximum atomic E-state index is 4.41. The lowest BCUT2D eigenvalue weighted by Gasteiger charge is -2.29. The predicted octanol–water partition coefficient (Wildman–Crippen LogP) is 3.66. The van der Waals surface area contributed by atoms with Gasteiger partial charge in [-0.05, 0) is 25.8 Å². The Bertz CT molecular complexity index is 343. The molecule has 0 saturated heterocycles. The monoisotopic (exact) mass is 279 g/mol. The Labute approximate surface area is 121 Å². The second-order valence-corrected chi connectivity index (χ2v) is 6.51. The SMILES string of the molecule is CCCNC1CCCCCCC1Sc1cnccn1. The van der Waals surface area contributed by atoms with Crippen LogP contribution in [-0.2, 0) is 0 Å². The molecule has 1 N–H and O–H groups in total. The number of rotatable bonds is 5. The molecule has 1 fully saturated rings. The highest BCUT2D eigenvalue weighted by Crippen LogP contribution is 2.31. The second kappa shape index (κ2) is 8.54. The standard InChI is InChI=1S/C15H25N3S/c1-2-9-17-13-7-5-3-4-6-8-14(13)19-15-12-16-10-11-18-15/h10-14,17H,2-9H2,1H3. The zero-order valence-corrected chi connectivity index (χ0v) is 12.7. The molecule has 4 heteroatoms. The lowest BCUT2D eigenvalue weighted by atomic mass is 9.96. The van der Waals surface area contributed by atoms with Crippen molar-refractivity contribution in [2.24, 2.45) is 0 Å². The Balaban J connectivity index is 1.98. The van der Waals surface area contributed by atoms with Gasteiger partial charge in [0.25, 0.3) is 0 Å². The minimum Gasteiger partial charge on any atom is -0.313 e. The first-order chi connectivity index (χ1) is 9.40. The van der Waals surface area contributed by atoms with Gasteiger partial charge in [0.1, 0.15) is 5.03 Å². The van der Waals surface area contributed by atoms with Crippen molar-refractivity contribution in [3.05, 3.63) is 18.6 Å². The molecule has 1 aromatic rings. The summed E-state index contributed by atoms with van der Waals surface area (Å²) in [6.07, 6.45) is 14.7. The molecular formula is C15H25N3S. The van der Waals surface area contributed by atoms with Crippen LogP contribution in [-0.4, -0.2) is 27.8 Å². The molecule has 1 saturated carbocycles. The maximum Gasteiger partial charge on any atom is 0.115 e. The van der Waals surface area contributed by atoms with E-state index < -0.39 is 0 Å². The number of thioether (sulfide) groups is 1. The zero-order valence-electron chi connectivity index (χ0n) is 11.8. The molecule has 1 heterocycles. The van der Waals surface area contributed by atoms with Gasteiger partial charge in [-0.1, -0.05) is 44.4 Å².